The van der Waals surface area contributed by atoms with Crippen LogP contribution in [0.1, 0.15) is 30.9 Å². The van der Waals surface area contributed by atoms with Crippen molar-refractivity contribution in [3.8, 4) is 11.3 Å². The lowest BCUT2D eigenvalue weighted by Crippen LogP contribution is -2.15. The molecule has 1 aliphatic carbocycles. The van der Waals surface area contributed by atoms with Crippen LogP contribution >= 0.6 is 0 Å². The van der Waals surface area contributed by atoms with Crippen LogP contribution in [0, 0.1) is 12.8 Å². The van der Waals surface area contributed by atoms with Gasteiger partial charge >= 0.3 is 0 Å². The molecule has 1 amide bonds. The van der Waals surface area contributed by atoms with Crippen molar-refractivity contribution in [3.05, 3.63) is 57.9 Å². The van der Waals surface area contributed by atoms with Gasteiger partial charge in [-0.2, -0.15) is 0 Å². The quantitative estimate of drug-likeness (QED) is 0.753. The topological polar surface area (TPSA) is 74.8 Å². The van der Waals surface area contributed by atoms with Gasteiger partial charge in [-0.1, -0.05) is 19.1 Å². The van der Waals surface area contributed by atoms with E-state index in [-0.39, 0.29) is 17.3 Å². The largest absolute Gasteiger partial charge is 0.353 e. The number of carbonyl (C=O) groups excluding carboxylic acids is 1. The van der Waals surface area contributed by atoms with Gasteiger partial charge < -0.3 is 10.3 Å². The number of rotatable bonds is 4. The van der Waals surface area contributed by atoms with Crippen molar-refractivity contribution < 1.29 is 4.79 Å². The first kappa shape index (κ1) is 16.5. The molecule has 26 heavy (non-hydrogen) atoms. The fourth-order valence-electron chi connectivity index (χ4n) is 3.12. The highest BCUT2D eigenvalue weighted by Gasteiger charge is 2.29. The van der Waals surface area contributed by atoms with Crippen LogP contribution in [0.15, 0.2) is 41.3 Å². The third kappa shape index (κ3) is 3.12. The predicted octanol–water partition coefficient (Wildman–Crippen LogP) is 3.81. The Morgan fingerprint density at radius 1 is 1.27 bits per heavy atom. The number of fused-ring (bicyclic) bond motifs is 1. The second kappa shape index (κ2) is 6.41. The second-order valence-corrected chi connectivity index (χ2v) is 6.93. The zero-order valence-electron chi connectivity index (χ0n) is 14.9. The number of H-pyrrole nitrogens is 1. The summed E-state index contributed by atoms with van der Waals surface area (Å²) in [6, 6.07) is 9.56. The number of aryl methyl sites for hydroxylation is 2. The number of amides is 1. The molecule has 132 valence electrons. The molecule has 1 aliphatic rings. The van der Waals surface area contributed by atoms with Crippen molar-refractivity contribution in [3.63, 3.8) is 0 Å². The molecule has 2 N–H and O–H groups in total. The number of pyridine rings is 2. The zero-order chi connectivity index (χ0) is 18.3. The first-order valence-corrected chi connectivity index (χ1v) is 8.99. The lowest BCUT2D eigenvalue weighted by atomic mass is 10.00. The summed E-state index contributed by atoms with van der Waals surface area (Å²) in [5.41, 5.74) is 4.72. The fraction of sp³-hybridized carbons (Fsp3) is 0.286. The van der Waals surface area contributed by atoms with E-state index in [0.29, 0.717) is 16.7 Å². The maximum absolute atomic E-state index is 12.7. The summed E-state index contributed by atoms with van der Waals surface area (Å²) in [7, 11) is 0. The minimum absolute atomic E-state index is 0.0168. The van der Waals surface area contributed by atoms with E-state index in [1.165, 1.54) is 5.56 Å². The van der Waals surface area contributed by atoms with Gasteiger partial charge in [-0.15, -0.1) is 0 Å². The van der Waals surface area contributed by atoms with Crippen molar-refractivity contribution in [2.75, 3.05) is 5.32 Å². The minimum Gasteiger partial charge on any atom is -0.353 e. The van der Waals surface area contributed by atoms with Crippen LogP contribution in [0.25, 0.3) is 22.2 Å². The number of hydrogen-bond acceptors (Lipinski definition) is 3. The van der Waals surface area contributed by atoms with Crippen LogP contribution in [0.2, 0.25) is 0 Å². The van der Waals surface area contributed by atoms with E-state index in [4.69, 9.17) is 0 Å². The van der Waals surface area contributed by atoms with Crippen LogP contribution in [-0.2, 0) is 11.2 Å². The Bertz CT molecular complexity index is 1060. The van der Waals surface area contributed by atoms with Crippen LogP contribution in [0.3, 0.4) is 0 Å². The molecule has 2 heterocycles. The van der Waals surface area contributed by atoms with E-state index in [9.17, 15) is 9.59 Å². The number of benzene rings is 1. The Morgan fingerprint density at radius 3 is 2.81 bits per heavy atom. The van der Waals surface area contributed by atoms with Crippen molar-refractivity contribution in [2.24, 2.45) is 5.92 Å². The number of nitrogens with one attached hydrogen (secondary N) is 2. The van der Waals surface area contributed by atoms with E-state index in [1.807, 2.05) is 6.92 Å². The normalized spacial score (nSPS) is 13.8. The fourth-order valence-corrected chi connectivity index (χ4v) is 3.12. The highest BCUT2D eigenvalue weighted by molar-refractivity contribution is 5.95. The van der Waals surface area contributed by atoms with E-state index in [2.05, 4.69) is 40.4 Å². The lowest BCUT2D eigenvalue weighted by Gasteiger charge is -2.10. The van der Waals surface area contributed by atoms with Crippen LogP contribution in [0.5, 0.6) is 0 Å². The molecule has 1 fully saturated rings. The molecule has 3 aromatic rings. The highest BCUT2D eigenvalue weighted by Crippen LogP contribution is 2.30. The number of hydrogen-bond donors (Lipinski definition) is 2. The molecule has 0 radical (unpaired) electrons. The van der Waals surface area contributed by atoms with Crippen molar-refractivity contribution >= 4 is 22.6 Å². The maximum Gasteiger partial charge on any atom is 0.228 e. The Labute approximate surface area is 151 Å². The number of aromatic nitrogens is 2. The van der Waals surface area contributed by atoms with E-state index in [1.54, 1.807) is 18.3 Å². The van der Waals surface area contributed by atoms with E-state index >= 15 is 0 Å². The monoisotopic (exact) mass is 347 g/mol. The van der Waals surface area contributed by atoms with Crippen LogP contribution < -0.4 is 10.7 Å². The molecule has 0 unspecified atom stereocenters. The molecule has 0 saturated heterocycles. The lowest BCUT2D eigenvalue weighted by molar-refractivity contribution is -0.117. The Morgan fingerprint density at radius 2 is 2.08 bits per heavy atom. The summed E-state index contributed by atoms with van der Waals surface area (Å²) < 4.78 is 0. The number of anilines is 1. The first-order valence-electron chi connectivity index (χ1n) is 8.99. The molecular weight excluding hydrogens is 326 g/mol. The summed E-state index contributed by atoms with van der Waals surface area (Å²) in [5.74, 6) is 0.510. The summed E-state index contributed by atoms with van der Waals surface area (Å²) >= 11 is 0. The van der Waals surface area contributed by atoms with E-state index in [0.717, 1.165) is 36.1 Å². The smallest absolute Gasteiger partial charge is 0.228 e. The first-order chi connectivity index (χ1) is 12.5. The summed E-state index contributed by atoms with van der Waals surface area (Å²) in [6.07, 6.45) is 4.41. The van der Waals surface area contributed by atoms with Crippen molar-refractivity contribution in [2.45, 2.75) is 33.1 Å². The van der Waals surface area contributed by atoms with Gasteiger partial charge in [-0.3, -0.25) is 9.59 Å². The Balaban J connectivity index is 1.75. The molecule has 0 aliphatic heterocycles. The van der Waals surface area contributed by atoms with Gasteiger partial charge in [-0.25, -0.2) is 4.98 Å². The zero-order valence-corrected chi connectivity index (χ0v) is 14.9. The van der Waals surface area contributed by atoms with Gasteiger partial charge in [0.25, 0.3) is 0 Å². The molecule has 0 spiro atoms. The van der Waals surface area contributed by atoms with Gasteiger partial charge in [0, 0.05) is 17.5 Å². The Kier molecular flexibility index (Phi) is 4.07. The van der Waals surface area contributed by atoms with Gasteiger partial charge in [0.1, 0.15) is 5.82 Å². The van der Waals surface area contributed by atoms with Gasteiger partial charge in [-0.05, 0) is 49.4 Å². The van der Waals surface area contributed by atoms with Gasteiger partial charge in [0.15, 0.2) is 5.43 Å². The average Bonchev–Trinajstić information content (AvgIpc) is 3.48. The summed E-state index contributed by atoms with van der Waals surface area (Å²) in [5, 5.41) is 3.32. The molecule has 0 bridgehead atoms. The van der Waals surface area contributed by atoms with Crippen molar-refractivity contribution in [1.29, 1.82) is 0 Å². The summed E-state index contributed by atoms with van der Waals surface area (Å²) in [6.45, 7) is 4.14. The summed E-state index contributed by atoms with van der Waals surface area (Å²) in [4.78, 5) is 32.2. The molecular formula is C21H21N3O2. The number of carbonyl (C=O) groups is 1. The second-order valence-electron chi connectivity index (χ2n) is 6.93. The molecule has 5 heteroatoms. The highest BCUT2D eigenvalue weighted by atomic mass is 16.2. The average molecular weight is 347 g/mol. The number of nitrogens with zero attached hydrogens (tertiary/aromatic N) is 1. The minimum atomic E-state index is -0.0839. The van der Waals surface area contributed by atoms with Crippen molar-refractivity contribution in [1.82, 2.24) is 9.97 Å². The molecule has 2 aromatic heterocycles. The van der Waals surface area contributed by atoms with Gasteiger partial charge in [0.05, 0.1) is 22.8 Å². The van der Waals surface area contributed by atoms with Crippen LogP contribution in [0.4, 0.5) is 5.82 Å². The van der Waals surface area contributed by atoms with Crippen LogP contribution in [-0.4, -0.2) is 15.9 Å². The van der Waals surface area contributed by atoms with Gasteiger partial charge in [0.2, 0.25) is 5.91 Å². The standard InChI is InChI=1S/C21H21N3O2/c1-3-13-5-4-12(2)15(8-13)17-10-19(25)16-9-20(22-11-18(16)23-17)24-21(26)14-6-7-14/h4-5,8-11,14H,3,6-7H2,1-2H3,(H,23,25)(H,22,24,26). The number of aromatic amines is 1. The molecule has 1 saturated carbocycles. The third-order valence-corrected chi connectivity index (χ3v) is 4.91. The molecule has 5 nitrogen and oxygen atoms in total. The Hall–Kier alpha value is -2.95. The maximum atomic E-state index is 12.7. The molecule has 1 aromatic carbocycles. The van der Waals surface area contributed by atoms with E-state index < -0.39 is 0 Å². The molecule has 0 atom stereocenters. The predicted molar refractivity (Wildman–Crippen MR) is 103 cm³/mol. The third-order valence-electron chi connectivity index (χ3n) is 4.91. The SMILES string of the molecule is CCc1ccc(C)c(-c2cc(=O)c3cc(NC(=O)C4CC4)ncc3[nH]2)c1. The molecule has 4 rings (SSSR count).